The quantitative estimate of drug-likeness (QED) is 0.0765. The third kappa shape index (κ3) is 6.37. The number of aromatic nitrogens is 1. The molecule has 0 amide bonds. The van der Waals surface area contributed by atoms with Gasteiger partial charge in [-0.2, -0.15) is 0 Å². The van der Waals surface area contributed by atoms with Crippen LogP contribution in [0.1, 0.15) is 25.8 Å². The lowest BCUT2D eigenvalue weighted by molar-refractivity contribution is 0.765. The van der Waals surface area contributed by atoms with E-state index in [9.17, 15) is 0 Å². The second kappa shape index (κ2) is 12.8. The van der Waals surface area contributed by atoms with Crippen LogP contribution in [-0.4, -0.2) is 11.0 Å². The number of hydrogen-bond acceptors (Lipinski definition) is 9. The molecule has 8 nitrogen and oxygen atoms in total. The average molecular weight is 587 g/mol. The summed E-state index contributed by atoms with van der Waals surface area (Å²) in [6.45, 7) is 6.44. The lowest BCUT2D eigenvalue weighted by Gasteiger charge is -2.19. The molecule has 0 fully saturated rings. The molecule has 6 aromatic rings. The molecule has 43 heavy (non-hydrogen) atoms. The second-order valence-corrected chi connectivity index (χ2v) is 11.3. The summed E-state index contributed by atoms with van der Waals surface area (Å²) in [6, 6.07) is 31.6. The Hall–Kier alpha value is -5.15. The van der Waals surface area contributed by atoms with Crippen LogP contribution in [0.4, 0.5) is 39.3 Å². The van der Waals surface area contributed by atoms with Crippen molar-refractivity contribution in [2.45, 2.75) is 33.2 Å². The molecule has 5 N–H and O–H groups in total. The van der Waals surface area contributed by atoms with Gasteiger partial charge in [-0.1, -0.05) is 55.5 Å². The van der Waals surface area contributed by atoms with Crippen molar-refractivity contribution in [3.05, 3.63) is 108 Å². The van der Waals surface area contributed by atoms with E-state index in [2.05, 4.69) is 129 Å². The highest BCUT2D eigenvalue weighted by atomic mass is 32.1. The minimum Gasteiger partial charge on any atom is -0.382 e. The Morgan fingerprint density at radius 3 is 1.70 bits per heavy atom. The normalized spacial score (nSPS) is 12.0. The molecule has 0 saturated carbocycles. The fourth-order valence-corrected chi connectivity index (χ4v) is 5.36. The number of fused-ring (bicyclic) bond motifs is 2. The van der Waals surface area contributed by atoms with E-state index in [1.54, 1.807) is 6.20 Å². The number of aryl methyl sites for hydroxylation is 1. The van der Waals surface area contributed by atoms with Crippen molar-refractivity contribution in [3.63, 3.8) is 0 Å². The summed E-state index contributed by atoms with van der Waals surface area (Å²) in [5.74, 6) is 0. The Morgan fingerprint density at radius 2 is 1.19 bits per heavy atom. The molecule has 9 heteroatoms. The standard InChI is InChI=1S/C34H34N8S/c1-4-23(3)36-30-15-16-31(26-10-6-5-9-25(26)30)40-41-33-18-17-32(27-11-7-8-12-28(27)33)39-38-29-14-13-24(21-22(29)2)37-42-34-35-19-20-43-34/h5-21,23,36,38-41H,4H2,1-3H3/b42-37+. The summed E-state index contributed by atoms with van der Waals surface area (Å²) in [5, 5.41) is 19.2. The van der Waals surface area contributed by atoms with Crippen molar-refractivity contribution in [3.8, 4) is 0 Å². The predicted molar refractivity (Wildman–Crippen MR) is 183 cm³/mol. The number of azo groups is 1. The molecule has 1 unspecified atom stereocenters. The third-order valence-electron chi connectivity index (χ3n) is 7.41. The van der Waals surface area contributed by atoms with Crippen LogP contribution in [-0.2, 0) is 0 Å². The smallest absolute Gasteiger partial charge is 0.229 e. The lowest BCUT2D eigenvalue weighted by atomic mass is 10.1. The van der Waals surface area contributed by atoms with E-state index in [0.29, 0.717) is 11.2 Å². The fourth-order valence-electron chi connectivity index (χ4n) is 4.90. The van der Waals surface area contributed by atoms with Gasteiger partial charge in [0.1, 0.15) is 0 Å². The zero-order valence-corrected chi connectivity index (χ0v) is 25.2. The van der Waals surface area contributed by atoms with Gasteiger partial charge < -0.3 is 27.0 Å². The minimum atomic E-state index is 0.405. The maximum absolute atomic E-state index is 4.30. The molecule has 1 atom stereocenters. The fraction of sp³-hybridized carbons (Fsp3) is 0.147. The van der Waals surface area contributed by atoms with Crippen LogP contribution in [0, 0.1) is 6.92 Å². The molecule has 216 valence electrons. The van der Waals surface area contributed by atoms with Crippen molar-refractivity contribution in [2.75, 3.05) is 27.0 Å². The van der Waals surface area contributed by atoms with E-state index in [1.165, 1.54) is 16.7 Å². The third-order valence-corrected chi connectivity index (χ3v) is 8.06. The molecule has 1 aromatic heterocycles. The molecule has 0 aliphatic heterocycles. The van der Waals surface area contributed by atoms with Crippen molar-refractivity contribution >= 4 is 72.1 Å². The first kappa shape index (κ1) is 28.0. The number of nitrogens with one attached hydrogen (secondary N) is 5. The van der Waals surface area contributed by atoms with E-state index in [-0.39, 0.29) is 0 Å². The van der Waals surface area contributed by atoms with E-state index >= 15 is 0 Å². The summed E-state index contributed by atoms with van der Waals surface area (Å²) in [6.07, 6.45) is 2.79. The van der Waals surface area contributed by atoms with Gasteiger partial charge in [-0.05, 0) is 68.3 Å². The zero-order valence-electron chi connectivity index (χ0n) is 24.3. The van der Waals surface area contributed by atoms with Gasteiger partial charge in [0.15, 0.2) is 0 Å². The average Bonchev–Trinajstić information content (AvgIpc) is 3.57. The molecule has 0 radical (unpaired) electrons. The Morgan fingerprint density at radius 1 is 0.674 bits per heavy atom. The zero-order chi connectivity index (χ0) is 29.6. The van der Waals surface area contributed by atoms with E-state index in [0.717, 1.165) is 62.3 Å². The van der Waals surface area contributed by atoms with Crippen LogP contribution in [0.25, 0.3) is 21.5 Å². The summed E-state index contributed by atoms with van der Waals surface area (Å²) in [5.41, 5.74) is 20.6. The largest absolute Gasteiger partial charge is 0.382 e. The number of anilines is 5. The molecular formula is C34H34N8S. The van der Waals surface area contributed by atoms with Gasteiger partial charge in [-0.25, -0.2) is 4.98 Å². The molecule has 0 aliphatic carbocycles. The molecular weight excluding hydrogens is 552 g/mol. The summed E-state index contributed by atoms with van der Waals surface area (Å²) < 4.78 is 0. The van der Waals surface area contributed by atoms with Crippen molar-refractivity contribution in [2.24, 2.45) is 10.2 Å². The van der Waals surface area contributed by atoms with Crippen molar-refractivity contribution < 1.29 is 0 Å². The van der Waals surface area contributed by atoms with Crippen molar-refractivity contribution in [1.82, 2.24) is 4.98 Å². The van der Waals surface area contributed by atoms with Gasteiger partial charge in [0.05, 0.1) is 28.4 Å². The minimum absolute atomic E-state index is 0.405. The number of hydrazine groups is 2. The van der Waals surface area contributed by atoms with Gasteiger partial charge in [0, 0.05) is 44.9 Å². The highest BCUT2D eigenvalue weighted by Gasteiger charge is 2.10. The maximum atomic E-state index is 4.30. The number of nitrogens with zero attached hydrogens (tertiary/aromatic N) is 3. The van der Waals surface area contributed by atoms with Crippen LogP contribution in [0.15, 0.2) is 113 Å². The molecule has 0 bridgehead atoms. The number of benzene rings is 5. The van der Waals surface area contributed by atoms with Crippen LogP contribution in [0.2, 0.25) is 0 Å². The van der Waals surface area contributed by atoms with Gasteiger partial charge in [0.25, 0.3) is 0 Å². The topological polar surface area (TPSA) is 97.8 Å². The van der Waals surface area contributed by atoms with E-state index < -0.39 is 0 Å². The van der Waals surface area contributed by atoms with Gasteiger partial charge in [0.2, 0.25) is 5.13 Å². The second-order valence-electron chi connectivity index (χ2n) is 10.4. The van der Waals surface area contributed by atoms with Gasteiger partial charge in [-0.3, -0.25) is 0 Å². The molecule has 0 saturated heterocycles. The molecule has 0 aliphatic rings. The lowest BCUT2D eigenvalue weighted by Crippen LogP contribution is -2.14. The molecule has 6 rings (SSSR count). The first-order chi connectivity index (χ1) is 21.1. The SMILES string of the molecule is CCC(C)Nc1ccc(NNc2ccc(NNc3ccc(/N=N/c4nccs4)cc3C)c3ccccc23)c2ccccc12. The van der Waals surface area contributed by atoms with Crippen LogP contribution >= 0.6 is 11.3 Å². The first-order valence-electron chi connectivity index (χ1n) is 14.3. The number of hydrogen-bond donors (Lipinski definition) is 5. The Bertz CT molecular complexity index is 1880. The van der Waals surface area contributed by atoms with Crippen LogP contribution < -0.4 is 27.0 Å². The maximum Gasteiger partial charge on any atom is 0.229 e. The van der Waals surface area contributed by atoms with E-state index in [1.807, 2.05) is 30.5 Å². The molecule has 0 spiro atoms. The highest BCUT2D eigenvalue weighted by Crippen LogP contribution is 2.33. The van der Waals surface area contributed by atoms with Crippen LogP contribution in [0.3, 0.4) is 0 Å². The Balaban J connectivity index is 1.18. The predicted octanol–water partition coefficient (Wildman–Crippen LogP) is 10.3. The van der Waals surface area contributed by atoms with Crippen LogP contribution in [0.5, 0.6) is 0 Å². The highest BCUT2D eigenvalue weighted by molar-refractivity contribution is 7.13. The van der Waals surface area contributed by atoms with Crippen molar-refractivity contribution in [1.29, 1.82) is 0 Å². The summed E-state index contributed by atoms with van der Waals surface area (Å²) >= 11 is 1.46. The summed E-state index contributed by atoms with van der Waals surface area (Å²) in [4.78, 5) is 4.14. The number of thiazole rings is 1. The van der Waals surface area contributed by atoms with E-state index in [4.69, 9.17) is 0 Å². The summed E-state index contributed by atoms with van der Waals surface area (Å²) in [7, 11) is 0. The monoisotopic (exact) mass is 586 g/mol. The first-order valence-corrected chi connectivity index (χ1v) is 15.2. The van der Waals surface area contributed by atoms with Gasteiger partial charge >= 0.3 is 0 Å². The van der Waals surface area contributed by atoms with Gasteiger partial charge in [-0.15, -0.1) is 21.6 Å². The Kier molecular flexibility index (Phi) is 8.33. The number of rotatable bonds is 11. The molecule has 5 aromatic carbocycles. The molecule has 1 heterocycles. The Labute approximate surface area is 255 Å².